The molecule has 0 aliphatic heterocycles. The Bertz CT molecular complexity index is 1350. The average molecular weight is 603 g/mol. The van der Waals surface area contributed by atoms with Gasteiger partial charge in [-0.15, -0.1) is 0 Å². The molecular formula is C22H17F3IN3O4S. The van der Waals surface area contributed by atoms with Crippen molar-refractivity contribution in [2.75, 3.05) is 12.4 Å². The Kier molecular flexibility index (Phi) is 8.15. The third kappa shape index (κ3) is 6.26. The van der Waals surface area contributed by atoms with Gasteiger partial charge in [0.05, 0.1) is 36.0 Å². The lowest BCUT2D eigenvalue weighted by molar-refractivity contribution is 0.0601. The quantitative estimate of drug-likeness (QED) is 0.169. The number of hydrogen-bond donors (Lipinski definition) is 2. The van der Waals surface area contributed by atoms with E-state index in [0.29, 0.717) is 15.3 Å². The molecule has 0 aliphatic rings. The lowest BCUT2D eigenvalue weighted by atomic mass is 10.1. The summed E-state index contributed by atoms with van der Waals surface area (Å²) in [4.78, 5) is 14.1. The molecule has 178 valence electrons. The van der Waals surface area contributed by atoms with Crippen LogP contribution in [0.1, 0.15) is 21.5 Å². The van der Waals surface area contributed by atoms with Crippen LogP contribution in [0.3, 0.4) is 0 Å². The van der Waals surface area contributed by atoms with Crippen LogP contribution in [0.2, 0.25) is 0 Å². The molecule has 0 aromatic heterocycles. The van der Waals surface area contributed by atoms with E-state index in [1.54, 1.807) is 30.3 Å². The molecule has 0 saturated carbocycles. The smallest absolute Gasteiger partial charge is 0.340 e. The predicted octanol–water partition coefficient (Wildman–Crippen LogP) is 4.69. The number of halogens is 4. The normalized spacial score (nSPS) is 11.4. The molecule has 7 nitrogen and oxygen atoms in total. The van der Waals surface area contributed by atoms with Gasteiger partial charge in [0.1, 0.15) is 5.82 Å². The molecule has 0 aliphatic carbocycles. The number of rotatable bonds is 8. The Balaban J connectivity index is 1.91. The van der Waals surface area contributed by atoms with Crippen LogP contribution in [0.15, 0.2) is 59.7 Å². The molecule has 0 atom stereocenters. The van der Waals surface area contributed by atoms with Crippen LogP contribution in [0.25, 0.3) is 0 Å². The van der Waals surface area contributed by atoms with E-state index < -0.39 is 50.3 Å². The predicted molar refractivity (Wildman–Crippen MR) is 130 cm³/mol. The second kappa shape index (κ2) is 10.9. The molecule has 3 aromatic carbocycles. The Morgan fingerprint density at radius 1 is 1.09 bits per heavy atom. The number of hydrazone groups is 1. The highest BCUT2D eigenvalue weighted by Gasteiger charge is 2.24. The van der Waals surface area contributed by atoms with Crippen molar-refractivity contribution in [2.24, 2.45) is 5.10 Å². The first kappa shape index (κ1) is 25.5. The number of sulfonamides is 1. The summed E-state index contributed by atoms with van der Waals surface area (Å²) in [5.41, 5.74) is -1.33. The fourth-order valence-corrected chi connectivity index (χ4v) is 4.22. The molecule has 0 spiro atoms. The highest BCUT2D eigenvalue weighted by atomic mass is 127. The standard InChI is InChI=1S/C22H17F3IN3O4S/c1-33-22(30)16-9-14(11-27-29-34(31,32)12-13-5-3-2-4-6-13)19(24)20(25)21(16)28-18-8-7-15(26)10-17(18)23/h2-11,28-29H,12H2,1H3/b27-11+. The van der Waals surface area contributed by atoms with Crippen LogP contribution >= 0.6 is 22.6 Å². The van der Waals surface area contributed by atoms with Crippen LogP contribution in [0.5, 0.6) is 0 Å². The Morgan fingerprint density at radius 2 is 1.79 bits per heavy atom. The summed E-state index contributed by atoms with van der Waals surface area (Å²) in [6, 6.07) is 13.2. The number of nitrogens with zero attached hydrogens (tertiary/aromatic N) is 1. The SMILES string of the molecule is COC(=O)c1cc(/C=N/NS(=O)(=O)Cc2ccccc2)c(F)c(F)c1Nc1ccc(I)cc1F. The second-order valence-electron chi connectivity index (χ2n) is 6.85. The van der Waals surface area contributed by atoms with Crippen LogP contribution in [-0.2, 0) is 20.5 Å². The molecule has 0 radical (unpaired) electrons. The lowest BCUT2D eigenvalue weighted by Gasteiger charge is -2.14. The van der Waals surface area contributed by atoms with Crippen LogP contribution in [-0.4, -0.2) is 27.7 Å². The summed E-state index contributed by atoms with van der Waals surface area (Å²) in [6.45, 7) is 0. The van der Waals surface area contributed by atoms with Crippen molar-refractivity contribution < 1.29 is 31.1 Å². The molecule has 0 bridgehead atoms. The fourth-order valence-electron chi connectivity index (χ4n) is 2.86. The van der Waals surface area contributed by atoms with Gasteiger partial charge in [0.2, 0.25) is 0 Å². The van der Waals surface area contributed by atoms with E-state index in [1.807, 2.05) is 27.4 Å². The monoisotopic (exact) mass is 603 g/mol. The highest BCUT2D eigenvalue weighted by Crippen LogP contribution is 2.30. The van der Waals surface area contributed by atoms with E-state index >= 15 is 0 Å². The maximum absolute atomic E-state index is 14.9. The molecule has 0 saturated heterocycles. The summed E-state index contributed by atoms with van der Waals surface area (Å²) in [5, 5.41) is 5.85. The van der Waals surface area contributed by atoms with Gasteiger partial charge in [-0.25, -0.2) is 31.2 Å². The third-order valence-corrected chi connectivity index (χ3v) is 6.19. The van der Waals surface area contributed by atoms with Gasteiger partial charge in [0, 0.05) is 9.13 Å². The maximum atomic E-state index is 14.9. The van der Waals surface area contributed by atoms with Gasteiger partial charge in [-0.3, -0.25) is 0 Å². The molecule has 0 heterocycles. The zero-order chi connectivity index (χ0) is 24.9. The van der Waals surface area contributed by atoms with Crippen molar-refractivity contribution in [2.45, 2.75) is 5.75 Å². The zero-order valence-electron chi connectivity index (χ0n) is 17.5. The average Bonchev–Trinajstić information content (AvgIpc) is 2.79. The Morgan fingerprint density at radius 3 is 2.44 bits per heavy atom. The molecule has 3 rings (SSSR count). The first-order valence-corrected chi connectivity index (χ1v) is 12.2. The van der Waals surface area contributed by atoms with Crippen molar-refractivity contribution in [3.8, 4) is 0 Å². The van der Waals surface area contributed by atoms with E-state index in [0.717, 1.165) is 19.2 Å². The van der Waals surface area contributed by atoms with Crippen LogP contribution in [0, 0.1) is 21.0 Å². The number of benzene rings is 3. The number of esters is 1. The highest BCUT2D eigenvalue weighted by molar-refractivity contribution is 14.1. The van der Waals surface area contributed by atoms with E-state index in [1.165, 1.54) is 12.1 Å². The first-order chi connectivity index (χ1) is 16.1. The van der Waals surface area contributed by atoms with Crippen molar-refractivity contribution in [3.63, 3.8) is 0 Å². The topological polar surface area (TPSA) is 96.9 Å². The van der Waals surface area contributed by atoms with Gasteiger partial charge in [-0.2, -0.15) is 5.10 Å². The molecule has 0 fully saturated rings. The van der Waals surface area contributed by atoms with E-state index in [2.05, 4.69) is 15.2 Å². The molecule has 34 heavy (non-hydrogen) atoms. The largest absolute Gasteiger partial charge is 0.465 e. The Labute approximate surface area is 207 Å². The number of methoxy groups -OCH3 is 1. The molecule has 0 amide bonds. The number of carbonyl (C=O) groups excluding carboxylic acids is 1. The van der Waals surface area contributed by atoms with Crippen LogP contribution < -0.4 is 10.1 Å². The summed E-state index contributed by atoms with van der Waals surface area (Å²) in [5.74, 6) is -5.12. The van der Waals surface area contributed by atoms with Crippen molar-refractivity contribution in [1.82, 2.24) is 4.83 Å². The summed E-state index contributed by atoms with van der Waals surface area (Å²) in [7, 11) is -2.89. The minimum atomic E-state index is -3.93. The molecule has 0 unspecified atom stereocenters. The molecular weight excluding hydrogens is 586 g/mol. The van der Waals surface area contributed by atoms with Crippen molar-refractivity contribution in [1.29, 1.82) is 0 Å². The lowest BCUT2D eigenvalue weighted by Crippen LogP contribution is -2.20. The minimum absolute atomic E-state index is 0.195. The summed E-state index contributed by atoms with van der Waals surface area (Å²) >= 11 is 1.88. The number of hydrogen-bond acceptors (Lipinski definition) is 6. The molecule has 3 aromatic rings. The molecule has 12 heteroatoms. The van der Waals surface area contributed by atoms with Gasteiger partial charge in [0.25, 0.3) is 10.0 Å². The Hall–Kier alpha value is -3.13. The first-order valence-electron chi connectivity index (χ1n) is 9.50. The summed E-state index contributed by atoms with van der Waals surface area (Å²) in [6.07, 6.45) is 0.711. The van der Waals surface area contributed by atoms with E-state index in [9.17, 15) is 26.4 Å². The van der Waals surface area contributed by atoms with Crippen molar-refractivity contribution >= 4 is 56.2 Å². The van der Waals surface area contributed by atoms with E-state index in [-0.39, 0.29) is 11.4 Å². The van der Waals surface area contributed by atoms with Crippen LogP contribution in [0.4, 0.5) is 24.5 Å². The minimum Gasteiger partial charge on any atom is -0.465 e. The van der Waals surface area contributed by atoms with Gasteiger partial charge in [-0.1, -0.05) is 30.3 Å². The van der Waals surface area contributed by atoms with Gasteiger partial charge >= 0.3 is 5.97 Å². The van der Waals surface area contributed by atoms with E-state index in [4.69, 9.17) is 0 Å². The summed E-state index contributed by atoms with van der Waals surface area (Å²) < 4.78 is 73.3. The zero-order valence-corrected chi connectivity index (χ0v) is 20.5. The van der Waals surface area contributed by atoms with Gasteiger partial charge in [0.15, 0.2) is 11.6 Å². The molecule has 2 N–H and O–H groups in total. The number of anilines is 2. The number of carbonyl (C=O) groups is 1. The van der Waals surface area contributed by atoms with Crippen molar-refractivity contribution in [3.05, 3.63) is 92.3 Å². The third-order valence-electron chi connectivity index (χ3n) is 4.43. The maximum Gasteiger partial charge on any atom is 0.340 e. The van der Waals surface area contributed by atoms with Gasteiger partial charge in [-0.05, 0) is 52.4 Å². The second-order valence-corrected chi connectivity index (χ2v) is 9.80. The van der Waals surface area contributed by atoms with Gasteiger partial charge < -0.3 is 10.1 Å². The number of nitrogens with one attached hydrogen (secondary N) is 2. The number of ether oxygens (including phenoxy) is 1. The fraction of sp³-hybridized carbons (Fsp3) is 0.0909.